The van der Waals surface area contributed by atoms with Crippen molar-refractivity contribution >= 4 is 12.3 Å². The molecule has 0 saturated heterocycles. The zero-order valence-corrected chi connectivity index (χ0v) is 10.4. The van der Waals surface area contributed by atoms with Crippen LogP contribution in [-0.4, -0.2) is 75.3 Å². The molecule has 9 heteroatoms. The molecule has 0 rings (SSSR count). The van der Waals surface area contributed by atoms with Crippen molar-refractivity contribution in [1.82, 2.24) is 0 Å². The van der Waals surface area contributed by atoms with Gasteiger partial charge in [0.2, 0.25) is 0 Å². The first-order valence-corrected chi connectivity index (χ1v) is 5.60. The molecule has 9 nitrogen and oxygen atoms in total. The van der Waals surface area contributed by atoms with E-state index in [-0.39, 0.29) is 6.29 Å². The second-order valence-corrected chi connectivity index (χ2v) is 3.74. The van der Waals surface area contributed by atoms with E-state index < -0.39 is 36.9 Å². The zero-order valence-electron chi connectivity index (χ0n) is 10.4. The summed E-state index contributed by atoms with van der Waals surface area (Å²) in [4.78, 5) is 19.8. The van der Waals surface area contributed by atoms with Gasteiger partial charge in [-0.1, -0.05) is 0 Å². The fourth-order valence-electron chi connectivity index (χ4n) is 0.877. The summed E-state index contributed by atoms with van der Waals surface area (Å²) in [5, 5.41) is 42.3. The molecule has 0 bridgehead atoms. The van der Waals surface area contributed by atoms with Crippen LogP contribution in [0.4, 0.5) is 0 Å². The van der Waals surface area contributed by atoms with E-state index in [0.29, 0.717) is 19.4 Å². The van der Waals surface area contributed by atoms with Gasteiger partial charge in [0.15, 0.2) is 6.29 Å². The topological polar surface area (TPSA) is 187 Å². The Hall–Kier alpha value is -1.10. The first-order valence-electron chi connectivity index (χ1n) is 5.60. The second kappa shape index (κ2) is 12.0. The number of aldehydes is 1. The van der Waals surface area contributed by atoms with Crippen LogP contribution in [0.1, 0.15) is 12.8 Å². The lowest BCUT2D eigenvalue weighted by Crippen LogP contribution is -2.40. The molecule has 114 valence electrons. The van der Waals surface area contributed by atoms with Crippen molar-refractivity contribution in [3.8, 4) is 0 Å². The maximum atomic E-state index is 10.0. The molecule has 0 fully saturated rings. The van der Waals surface area contributed by atoms with E-state index >= 15 is 0 Å². The molecule has 0 aliphatic heterocycles. The minimum absolute atomic E-state index is 0.0869. The summed E-state index contributed by atoms with van der Waals surface area (Å²) in [5.74, 6) is -0.955. The fraction of sp³-hybridized carbons (Fsp3) is 0.800. The fourth-order valence-corrected chi connectivity index (χ4v) is 0.877. The maximum absolute atomic E-state index is 10.0. The minimum Gasteiger partial charge on any atom is -0.480 e. The minimum atomic E-state index is -1.64. The monoisotopic (exact) mass is 282 g/mol. The van der Waals surface area contributed by atoms with Crippen molar-refractivity contribution in [2.75, 3.05) is 13.2 Å². The number of hydrogen-bond donors (Lipinski definition) is 7. The molecule has 0 aromatic heterocycles. The van der Waals surface area contributed by atoms with Gasteiger partial charge in [-0.15, -0.1) is 0 Å². The van der Waals surface area contributed by atoms with Gasteiger partial charge in [0, 0.05) is 0 Å². The smallest absolute Gasteiger partial charge is 0.320 e. The quantitative estimate of drug-likeness (QED) is 0.221. The molecule has 0 aromatic carbocycles. The predicted octanol–water partition coefficient (Wildman–Crippen LogP) is -3.60. The lowest BCUT2D eigenvalue weighted by Gasteiger charge is -2.16. The number of carbonyl (C=O) groups excluding carboxylic acids is 1. The van der Waals surface area contributed by atoms with Crippen LogP contribution in [-0.2, 0) is 9.59 Å². The van der Waals surface area contributed by atoms with E-state index in [1.807, 2.05) is 0 Å². The highest BCUT2D eigenvalue weighted by atomic mass is 16.4. The Morgan fingerprint density at radius 2 is 1.79 bits per heavy atom. The van der Waals surface area contributed by atoms with Gasteiger partial charge in [0.25, 0.3) is 0 Å². The van der Waals surface area contributed by atoms with Gasteiger partial charge in [-0.3, -0.25) is 4.79 Å². The molecular weight excluding hydrogens is 260 g/mol. The van der Waals surface area contributed by atoms with Gasteiger partial charge in [-0.2, -0.15) is 0 Å². The third-order valence-electron chi connectivity index (χ3n) is 2.11. The molecule has 0 aliphatic carbocycles. The number of aliphatic hydroxyl groups excluding tert-OH is 4. The van der Waals surface area contributed by atoms with E-state index in [4.69, 9.17) is 37.0 Å². The third-order valence-corrected chi connectivity index (χ3v) is 2.11. The molecule has 4 atom stereocenters. The van der Waals surface area contributed by atoms with Crippen molar-refractivity contribution in [2.24, 2.45) is 11.5 Å². The van der Waals surface area contributed by atoms with Crippen molar-refractivity contribution in [3.05, 3.63) is 0 Å². The standard InChI is InChI=1S/C5H12N2O2.C5H10O5/c6-3-1-2-4(7)5(8)9;6-1-3(8)5(10)4(9)2-7/h4H,1-3,6-7H2,(H,8,9);1,3-5,7-10H,2H2/t4-;3-,4+,5+/m00/s1. The number of carbonyl (C=O) groups is 2. The normalized spacial score (nSPS) is 16.5. The van der Waals surface area contributed by atoms with Crippen molar-refractivity contribution < 1.29 is 35.1 Å². The average molecular weight is 282 g/mol. The Kier molecular flexibility index (Phi) is 12.7. The lowest BCUT2D eigenvalue weighted by atomic mass is 10.1. The van der Waals surface area contributed by atoms with Crippen LogP contribution in [0.2, 0.25) is 0 Å². The van der Waals surface area contributed by atoms with Crippen LogP contribution in [0.5, 0.6) is 0 Å². The SMILES string of the molecule is NCCC[C@H](N)C(=O)O.O=C[C@H](O)[C@@H](O)[C@H](O)CO. The Morgan fingerprint density at radius 3 is 2.11 bits per heavy atom. The van der Waals surface area contributed by atoms with Crippen LogP contribution in [0.3, 0.4) is 0 Å². The molecular formula is C10H22N2O7. The highest BCUT2D eigenvalue weighted by molar-refractivity contribution is 5.72. The van der Waals surface area contributed by atoms with Crippen molar-refractivity contribution in [1.29, 1.82) is 0 Å². The van der Waals surface area contributed by atoms with Gasteiger partial charge in [0.05, 0.1) is 6.61 Å². The summed E-state index contributed by atoms with van der Waals surface area (Å²) in [7, 11) is 0. The second-order valence-electron chi connectivity index (χ2n) is 3.74. The Bertz CT molecular complexity index is 252. The van der Waals surface area contributed by atoms with Crippen molar-refractivity contribution in [3.63, 3.8) is 0 Å². The van der Waals surface area contributed by atoms with E-state index in [1.54, 1.807) is 0 Å². The molecule has 0 aliphatic rings. The molecule has 0 spiro atoms. The largest absolute Gasteiger partial charge is 0.480 e. The van der Waals surface area contributed by atoms with Crippen LogP contribution < -0.4 is 11.5 Å². The number of aliphatic carboxylic acids is 1. The summed E-state index contributed by atoms with van der Waals surface area (Å²) in [6, 6.07) is -0.742. The van der Waals surface area contributed by atoms with Crippen LogP contribution in [0, 0.1) is 0 Å². The summed E-state index contributed by atoms with van der Waals surface area (Å²) in [6.07, 6.45) is -3.49. The number of nitrogens with two attached hydrogens (primary N) is 2. The first-order chi connectivity index (χ1) is 8.81. The molecule has 9 N–H and O–H groups in total. The first kappa shape index (κ1) is 20.2. The zero-order chi connectivity index (χ0) is 15.4. The van der Waals surface area contributed by atoms with E-state index in [2.05, 4.69) is 0 Å². The Labute approximate surface area is 110 Å². The molecule has 0 radical (unpaired) electrons. The van der Waals surface area contributed by atoms with E-state index in [0.717, 1.165) is 0 Å². The van der Waals surface area contributed by atoms with Gasteiger partial charge >= 0.3 is 5.97 Å². The highest BCUT2D eigenvalue weighted by Crippen LogP contribution is 1.96. The molecule has 0 saturated carbocycles. The maximum Gasteiger partial charge on any atom is 0.320 e. The predicted molar refractivity (Wildman–Crippen MR) is 65.1 cm³/mol. The summed E-state index contributed by atoms with van der Waals surface area (Å²) >= 11 is 0. The van der Waals surface area contributed by atoms with E-state index in [9.17, 15) is 9.59 Å². The van der Waals surface area contributed by atoms with E-state index in [1.165, 1.54) is 0 Å². The van der Waals surface area contributed by atoms with Gasteiger partial charge in [-0.05, 0) is 19.4 Å². The van der Waals surface area contributed by atoms with Gasteiger partial charge < -0.3 is 41.8 Å². The molecule has 0 aromatic rings. The van der Waals surface area contributed by atoms with Crippen LogP contribution >= 0.6 is 0 Å². The number of carboxylic acid groups (broad SMARTS) is 1. The van der Waals surface area contributed by atoms with Gasteiger partial charge in [0.1, 0.15) is 24.4 Å². The molecule has 0 amide bonds. The lowest BCUT2D eigenvalue weighted by molar-refractivity contribution is -0.138. The molecule has 0 unspecified atom stereocenters. The summed E-state index contributed by atoms with van der Waals surface area (Å²) in [5.41, 5.74) is 10.3. The summed E-state index contributed by atoms with van der Waals surface area (Å²) < 4.78 is 0. The Balaban J connectivity index is 0. The van der Waals surface area contributed by atoms with Crippen LogP contribution in [0.15, 0.2) is 0 Å². The number of hydrogen-bond acceptors (Lipinski definition) is 8. The number of carboxylic acids is 1. The molecule has 19 heavy (non-hydrogen) atoms. The number of rotatable bonds is 8. The number of aliphatic hydroxyl groups is 4. The summed E-state index contributed by atoms with van der Waals surface area (Å²) in [6.45, 7) is -0.187. The highest BCUT2D eigenvalue weighted by Gasteiger charge is 2.22. The van der Waals surface area contributed by atoms with Gasteiger partial charge in [-0.25, -0.2) is 0 Å². The van der Waals surface area contributed by atoms with Crippen LogP contribution in [0.25, 0.3) is 0 Å². The average Bonchev–Trinajstić information content (AvgIpc) is 2.42. The Morgan fingerprint density at radius 1 is 1.26 bits per heavy atom. The van der Waals surface area contributed by atoms with Crippen molar-refractivity contribution in [2.45, 2.75) is 37.2 Å². The third kappa shape index (κ3) is 10.5. The molecule has 0 heterocycles.